The molecule has 1 fully saturated rings. The van der Waals surface area contributed by atoms with Gasteiger partial charge in [0.1, 0.15) is 0 Å². The monoisotopic (exact) mass is 198 g/mol. The van der Waals surface area contributed by atoms with Gasteiger partial charge in [0, 0.05) is 19.0 Å². The Morgan fingerprint density at radius 2 is 2.07 bits per heavy atom. The Kier molecular flexibility index (Phi) is 4.94. The van der Waals surface area contributed by atoms with Gasteiger partial charge in [-0.3, -0.25) is 4.79 Å². The van der Waals surface area contributed by atoms with E-state index in [9.17, 15) is 4.79 Å². The fraction of sp³-hybridized carbons (Fsp3) is 0.909. The number of hydrogen-bond donors (Lipinski definition) is 2. The minimum Gasteiger partial charge on any atom is -0.353 e. The average molecular weight is 198 g/mol. The lowest BCUT2D eigenvalue weighted by molar-refractivity contribution is -0.121. The molecule has 0 radical (unpaired) electrons. The van der Waals surface area contributed by atoms with Gasteiger partial charge in [-0.05, 0) is 25.7 Å². The number of nitrogens with two attached hydrogens (primary N) is 1. The molecule has 0 aromatic rings. The number of rotatable bonds is 4. The molecule has 82 valence electrons. The molecule has 3 heteroatoms. The lowest BCUT2D eigenvalue weighted by Crippen LogP contribution is -2.39. The van der Waals surface area contributed by atoms with Crippen molar-refractivity contribution in [3.8, 4) is 0 Å². The summed E-state index contributed by atoms with van der Waals surface area (Å²) in [5.74, 6) is 0.788. The van der Waals surface area contributed by atoms with Gasteiger partial charge >= 0.3 is 0 Å². The topological polar surface area (TPSA) is 55.1 Å². The van der Waals surface area contributed by atoms with Crippen LogP contribution in [0.3, 0.4) is 0 Å². The van der Waals surface area contributed by atoms with Crippen LogP contribution in [0.1, 0.15) is 45.4 Å². The second kappa shape index (κ2) is 6.02. The summed E-state index contributed by atoms with van der Waals surface area (Å²) in [5.41, 5.74) is 5.32. The molecule has 0 aromatic carbocycles. The summed E-state index contributed by atoms with van der Waals surface area (Å²) in [6.45, 7) is 2.56. The number of carbonyl (C=O) groups is 1. The second-order valence-electron chi connectivity index (χ2n) is 4.29. The fourth-order valence-electron chi connectivity index (χ4n) is 2.21. The van der Waals surface area contributed by atoms with Crippen molar-refractivity contribution < 1.29 is 4.79 Å². The molecule has 0 aromatic heterocycles. The summed E-state index contributed by atoms with van der Waals surface area (Å²) >= 11 is 0. The third-order valence-electron chi connectivity index (χ3n) is 3.12. The summed E-state index contributed by atoms with van der Waals surface area (Å²) in [5, 5.41) is 3.03. The molecule has 0 heterocycles. The van der Waals surface area contributed by atoms with Crippen molar-refractivity contribution in [1.82, 2.24) is 5.32 Å². The van der Waals surface area contributed by atoms with Crippen LogP contribution in [0.15, 0.2) is 0 Å². The van der Waals surface area contributed by atoms with Crippen LogP contribution < -0.4 is 11.1 Å². The maximum Gasteiger partial charge on any atom is 0.221 e. The maximum absolute atomic E-state index is 11.3. The third kappa shape index (κ3) is 3.66. The van der Waals surface area contributed by atoms with E-state index >= 15 is 0 Å². The first-order valence-electron chi connectivity index (χ1n) is 5.73. The van der Waals surface area contributed by atoms with Gasteiger partial charge in [-0.25, -0.2) is 0 Å². The van der Waals surface area contributed by atoms with Crippen LogP contribution in [0.5, 0.6) is 0 Å². The van der Waals surface area contributed by atoms with Crippen LogP contribution >= 0.6 is 0 Å². The van der Waals surface area contributed by atoms with Crippen molar-refractivity contribution in [2.45, 2.75) is 51.5 Å². The van der Waals surface area contributed by atoms with Gasteiger partial charge in [0.15, 0.2) is 0 Å². The molecule has 3 nitrogen and oxygen atoms in total. The van der Waals surface area contributed by atoms with E-state index in [1.54, 1.807) is 0 Å². The maximum atomic E-state index is 11.3. The number of nitrogens with one attached hydrogen (secondary N) is 1. The zero-order chi connectivity index (χ0) is 10.4. The van der Waals surface area contributed by atoms with Crippen LogP contribution in [0.25, 0.3) is 0 Å². The van der Waals surface area contributed by atoms with Gasteiger partial charge in [-0.15, -0.1) is 0 Å². The SMILES string of the molecule is C[C@@H](NC(=O)CCN)C1CCCCC1. The predicted molar refractivity (Wildman–Crippen MR) is 57.9 cm³/mol. The molecule has 0 bridgehead atoms. The Morgan fingerprint density at radius 1 is 1.43 bits per heavy atom. The quantitative estimate of drug-likeness (QED) is 0.718. The van der Waals surface area contributed by atoms with Crippen LogP contribution in [0.4, 0.5) is 0 Å². The molecular weight excluding hydrogens is 176 g/mol. The third-order valence-corrected chi connectivity index (χ3v) is 3.12. The molecule has 1 atom stereocenters. The van der Waals surface area contributed by atoms with Crippen molar-refractivity contribution in [1.29, 1.82) is 0 Å². The van der Waals surface area contributed by atoms with E-state index in [0.717, 1.165) is 0 Å². The Morgan fingerprint density at radius 3 is 2.64 bits per heavy atom. The largest absolute Gasteiger partial charge is 0.353 e. The minimum atomic E-state index is 0.102. The first-order valence-corrected chi connectivity index (χ1v) is 5.73. The van der Waals surface area contributed by atoms with E-state index in [2.05, 4.69) is 12.2 Å². The highest BCUT2D eigenvalue weighted by Crippen LogP contribution is 2.26. The van der Waals surface area contributed by atoms with E-state index in [1.807, 2.05) is 0 Å². The molecule has 1 aliphatic carbocycles. The summed E-state index contributed by atoms with van der Waals surface area (Å²) in [7, 11) is 0. The van der Waals surface area contributed by atoms with Gasteiger partial charge in [0.05, 0.1) is 0 Å². The summed E-state index contributed by atoms with van der Waals surface area (Å²) in [4.78, 5) is 11.3. The van der Waals surface area contributed by atoms with Crippen molar-refractivity contribution in [3.63, 3.8) is 0 Å². The molecule has 1 aliphatic rings. The Bertz CT molecular complexity index is 176. The highest BCUT2D eigenvalue weighted by molar-refractivity contribution is 5.76. The van der Waals surface area contributed by atoms with E-state index in [-0.39, 0.29) is 5.91 Å². The number of amides is 1. The molecule has 1 saturated carbocycles. The standard InChI is InChI=1S/C11H22N2O/c1-9(13-11(14)7-8-12)10-5-3-2-4-6-10/h9-10H,2-8,12H2,1H3,(H,13,14)/t9-/m1/s1. The van der Waals surface area contributed by atoms with Crippen LogP contribution in [-0.4, -0.2) is 18.5 Å². The number of carbonyl (C=O) groups excluding carboxylic acids is 1. The summed E-state index contributed by atoms with van der Waals surface area (Å²) in [6.07, 6.45) is 6.99. The zero-order valence-electron chi connectivity index (χ0n) is 9.09. The Balaban J connectivity index is 2.25. The lowest BCUT2D eigenvalue weighted by Gasteiger charge is -2.28. The first kappa shape index (κ1) is 11.5. The lowest BCUT2D eigenvalue weighted by atomic mass is 9.84. The Labute approximate surface area is 86.4 Å². The van der Waals surface area contributed by atoms with Gasteiger partial charge in [-0.1, -0.05) is 19.3 Å². The van der Waals surface area contributed by atoms with Gasteiger partial charge in [0.25, 0.3) is 0 Å². The minimum absolute atomic E-state index is 0.102. The van der Waals surface area contributed by atoms with E-state index in [0.29, 0.717) is 24.9 Å². The summed E-state index contributed by atoms with van der Waals surface area (Å²) < 4.78 is 0. The average Bonchev–Trinajstić information content (AvgIpc) is 2.19. The molecule has 0 saturated heterocycles. The molecule has 0 aliphatic heterocycles. The van der Waals surface area contributed by atoms with Crippen molar-refractivity contribution in [2.24, 2.45) is 11.7 Å². The molecule has 1 rings (SSSR count). The Hall–Kier alpha value is -0.570. The van der Waals surface area contributed by atoms with E-state index in [4.69, 9.17) is 5.73 Å². The first-order chi connectivity index (χ1) is 6.74. The fourth-order valence-corrected chi connectivity index (χ4v) is 2.21. The molecular formula is C11H22N2O. The molecule has 0 spiro atoms. The van der Waals surface area contributed by atoms with Crippen molar-refractivity contribution in [2.75, 3.05) is 6.54 Å². The highest BCUT2D eigenvalue weighted by Gasteiger charge is 2.20. The molecule has 3 N–H and O–H groups in total. The summed E-state index contributed by atoms with van der Waals surface area (Å²) in [6, 6.07) is 0.328. The van der Waals surface area contributed by atoms with Crippen LogP contribution in [0.2, 0.25) is 0 Å². The zero-order valence-corrected chi connectivity index (χ0v) is 9.09. The molecule has 1 amide bonds. The normalized spacial score (nSPS) is 20.4. The molecule has 0 unspecified atom stereocenters. The second-order valence-corrected chi connectivity index (χ2v) is 4.29. The highest BCUT2D eigenvalue weighted by atomic mass is 16.1. The van der Waals surface area contributed by atoms with Gasteiger partial charge in [0.2, 0.25) is 5.91 Å². The van der Waals surface area contributed by atoms with E-state index < -0.39 is 0 Å². The number of hydrogen-bond acceptors (Lipinski definition) is 2. The van der Waals surface area contributed by atoms with Crippen LogP contribution in [-0.2, 0) is 4.79 Å². The molecule has 14 heavy (non-hydrogen) atoms. The predicted octanol–water partition coefficient (Wildman–Crippen LogP) is 1.42. The van der Waals surface area contributed by atoms with Crippen molar-refractivity contribution >= 4 is 5.91 Å². The van der Waals surface area contributed by atoms with Gasteiger partial charge in [-0.2, -0.15) is 0 Å². The van der Waals surface area contributed by atoms with Gasteiger partial charge < -0.3 is 11.1 Å². The van der Waals surface area contributed by atoms with Crippen LogP contribution in [0, 0.1) is 5.92 Å². The van der Waals surface area contributed by atoms with E-state index in [1.165, 1.54) is 32.1 Å². The smallest absolute Gasteiger partial charge is 0.221 e. The van der Waals surface area contributed by atoms with Crippen molar-refractivity contribution in [3.05, 3.63) is 0 Å².